The first kappa shape index (κ1) is 11.5. The lowest BCUT2D eigenvalue weighted by molar-refractivity contribution is 0.214. The zero-order valence-corrected chi connectivity index (χ0v) is 9.79. The van der Waals surface area contributed by atoms with Gasteiger partial charge in [-0.1, -0.05) is 12.1 Å². The molecule has 2 rings (SSSR count). The van der Waals surface area contributed by atoms with Crippen LogP contribution in [0, 0.1) is 6.92 Å². The van der Waals surface area contributed by atoms with Gasteiger partial charge in [0, 0.05) is 6.20 Å². The van der Waals surface area contributed by atoms with Crippen LogP contribution in [0.4, 0.5) is 0 Å². The molecule has 0 aliphatic heterocycles. The minimum absolute atomic E-state index is 0.600. The first-order chi connectivity index (χ1) is 8.20. The average molecular weight is 230 g/mol. The van der Waals surface area contributed by atoms with Crippen LogP contribution in [0.1, 0.15) is 23.2 Å². The van der Waals surface area contributed by atoms with E-state index in [4.69, 9.17) is 4.74 Å². The van der Waals surface area contributed by atoms with Gasteiger partial charge >= 0.3 is 0 Å². The summed E-state index contributed by atoms with van der Waals surface area (Å²) in [6.07, 6.45) is 0.910. The fraction of sp³-hybridized carbons (Fsp3) is 0.231. The highest BCUT2D eigenvalue weighted by Crippen LogP contribution is 2.22. The van der Waals surface area contributed by atoms with E-state index >= 15 is 0 Å². The Balaban J connectivity index is 2.27. The number of ether oxygens (including phenoxy) is 1. The third-order valence-corrected chi connectivity index (χ3v) is 2.51. The van der Waals surface area contributed by atoms with Crippen molar-refractivity contribution in [2.24, 2.45) is 0 Å². The van der Waals surface area contributed by atoms with E-state index in [9.17, 15) is 5.11 Å². The number of hydrogen-bond acceptors (Lipinski definition) is 4. The Labute approximate surface area is 99.9 Å². The van der Waals surface area contributed by atoms with Crippen molar-refractivity contribution in [2.45, 2.75) is 13.0 Å². The van der Waals surface area contributed by atoms with Crippen molar-refractivity contribution < 1.29 is 9.84 Å². The van der Waals surface area contributed by atoms with E-state index < -0.39 is 6.10 Å². The van der Waals surface area contributed by atoms with Crippen molar-refractivity contribution in [2.75, 3.05) is 7.11 Å². The second-order valence-electron chi connectivity index (χ2n) is 3.70. The lowest BCUT2D eigenvalue weighted by atomic mass is 10.1. The molecular formula is C13H14N2O2. The molecule has 1 heterocycles. The molecule has 0 spiro atoms. The molecular weight excluding hydrogens is 216 g/mol. The van der Waals surface area contributed by atoms with Gasteiger partial charge in [-0.2, -0.15) is 0 Å². The van der Waals surface area contributed by atoms with Gasteiger partial charge in [0.1, 0.15) is 17.7 Å². The second kappa shape index (κ2) is 4.93. The highest BCUT2D eigenvalue weighted by molar-refractivity contribution is 5.31. The Bertz CT molecular complexity index is 497. The molecule has 0 aliphatic rings. The average Bonchev–Trinajstić information content (AvgIpc) is 2.38. The molecule has 1 aromatic heterocycles. The van der Waals surface area contributed by atoms with E-state index in [-0.39, 0.29) is 0 Å². The van der Waals surface area contributed by atoms with Gasteiger partial charge in [0.15, 0.2) is 0 Å². The van der Waals surface area contributed by atoms with Gasteiger partial charge in [0.25, 0.3) is 0 Å². The molecule has 1 unspecified atom stereocenters. The number of aryl methyl sites for hydroxylation is 1. The summed E-state index contributed by atoms with van der Waals surface area (Å²) in [5.74, 6) is 1.41. The maximum Gasteiger partial charge on any atom is 0.125 e. The third kappa shape index (κ3) is 2.60. The van der Waals surface area contributed by atoms with Crippen LogP contribution in [0.25, 0.3) is 0 Å². The summed E-state index contributed by atoms with van der Waals surface area (Å²) in [5, 5.41) is 10.1. The minimum atomic E-state index is -0.734. The first-order valence-corrected chi connectivity index (χ1v) is 5.32. The smallest absolute Gasteiger partial charge is 0.125 e. The summed E-state index contributed by atoms with van der Waals surface area (Å²) in [6, 6.07) is 8.98. The summed E-state index contributed by atoms with van der Waals surface area (Å²) in [6.45, 7) is 1.80. The summed E-state index contributed by atoms with van der Waals surface area (Å²) in [5.41, 5.74) is 1.38. The molecule has 0 saturated carbocycles. The van der Waals surface area contributed by atoms with Gasteiger partial charge in [-0.15, -0.1) is 0 Å². The van der Waals surface area contributed by atoms with Crippen molar-refractivity contribution in [3.63, 3.8) is 0 Å². The van der Waals surface area contributed by atoms with E-state index in [1.165, 1.54) is 0 Å². The van der Waals surface area contributed by atoms with Crippen LogP contribution in [0.15, 0.2) is 36.5 Å². The standard InChI is InChI=1S/C13H14N2O2/c1-9-14-8-7-12(15-9)13(16)10-3-5-11(17-2)6-4-10/h3-8,13,16H,1-2H3. The Kier molecular flexibility index (Phi) is 3.35. The van der Waals surface area contributed by atoms with Gasteiger partial charge < -0.3 is 9.84 Å². The van der Waals surface area contributed by atoms with E-state index in [1.807, 2.05) is 24.3 Å². The van der Waals surface area contributed by atoms with Crippen LogP contribution in [-0.2, 0) is 0 Å². The number of methoxy groups -OCH3 is 1. The first-order valence-electron chi connectivity index (χ1n) is 5.32. The topological polar surface area (TPSA) is 55.2 Å². The Hall–Kier alpha value is -1.94. The number of hydrogen-bond donors (Lipinski definition) is 1. The van der Waals surface area contributed by atoms with Crippen molar-refractivity contribution in [3.05, 3.63) is 53.6 Å². The fourth-order valence-corrected chi connectivity index (χ4v) is 1.58. The molecule has 4 nitrogen and oxygen atoms in total. The molecule has 0 fully saturated rings. The number of aliphatic hydroxyl groups excluding tert-OH is 1. The number of benzene rings is 1. The van der Waals surface area contributed by atoms with Gasteiger partial charge in [0.05, 0.1) is 12.8 Å². The maximum atomic E-state index is 10.1. The normalized spacial score (nSPS) is 12.2. The molecule has 88 valence electrons. The van der Waals surface area contributed by atoms with E-state index in [2.05, 4.69) is 9.97 Å². The molecule has 0 radical (unpaired) electrons. The molecule has 2 aromatic rings. The summed E-state index contributed by atoms with van der Waals surface area (Å²) in [4.78, 5) is 8.20. The largest absolute Gasteiger partial charge is 0.497 e. The van der Waals surface area contributed by atoms with Gasteiger partial charge in [-0.05, 0) is 30.7 Å². The molecule has 1 aromatic carbocycles. The predicted octanol–water partition coefficient (Wildman–Crippen LogP) is 1.88. The van der Waals surface area contributed by atoms with E-state index in [0.29, 0.717) is 11.5 Å². The maximum absolute atomic E-state index is 10.1. The van der Waals surface area contributed by atoms with E-state index in [1.54, 1.807) is 26.3 Å². The monoisotopic (exact) mass is 230 g/mol. The predicted molar refractivity (Wildman–Crippen MR) is 63.8 cm³/mol. The minimum Gasteiger partial charge on any atom is -0.497 e. The quantitative estimate of drug-likeness (QED) is 0.874. The lowest BCUT2D eigenvalue weighted by Gasteiger charge is -2.11. The van der Waals surface area contributed by atoms with Crippen LogP contribution in [0.2, 0.25) is 0 Å². The van der Waals surface area contributed by atoms with Crippen LogP contribution in [-0.4, -0.2) is 22.2 Å². The van der Waals surface area contributed by atoms with E-state index in [0.717, 1.165) is 11.3 Å². The molecule has 1 N–H and O–H groups in total. The van der Waals surface area contributed by atoms with Gasteiger partial charge in [-0.3, -0.25) is 0 Å². The van der Waals surface area contributed by atoms with Gasteiger partial charge in [0.2, 0.25) is 0 Å². The number of nitrogens with zero attached hydrogens (tertiary/aromatic N) is 2. The molecule has 0 bridgehead atoms. The number of aromatic nitrogens is 2. The summed E-state index contributed by atoms with van der Waals surface area (Å²) in [7, 11) is 1.61. The molecule has 1 atom stereocenters. The zero-order valence-electron chi connectivity index (χ0n) is 9.79. The highest BCUT2D eigenvalue weighted by Gasteiger charge is 2.12. The van der Waals surface area contributed by atoms with Crippen molar-refractivity contribution >= 4 is 0 Å². The molecule has 0 amide bonds. The number of rotatable bonds is 3. The van der Waals surface area contributed by atoms with Crippen molar-refractivity contribution in [1.82, 2.24) is 9.97 Å². The SMILES string of the molecule is COc1ccc(C(O)c2ccnc(C)n2)cc1. The number of aliphatic hydroxyl groups is 1. The Morgan fingerprint density at radius 2 is 1.88 bits per heavy atom. The molecule has 17 heavy (non-hydrogen) atoms. The highest BCUT2D eigenvalue weighted by atomic mass is 16.5. The van der Waals surface area contributed by atoms with Gasteiger partial charge in [-0.25, -0.2) is 9.97 Å². The molecule has 4 heteroatoms. The summed E-state index contributed by atoms with van der Waals surface area (Å²) >= 11 is 0. The van der Waals surface area contributed by atoms with Crippen molar-refractivity contribution in [3.8, 4) is 5.75 Å². The lowest BCUT2D eigenvalue weighted by Crippen LogP contribution is -2.04. The Morgan fingerprint density at radius 3 is 2.47 bits per heavy atom. The van der Waals surface area contributed by atoms with Crippen molar-refractivity contribution in [1.29, 1.82) is 0 Å². The van der Waals surface area contributed by atoms with Crippen LogP contribution in [0.5, 0.6) is 5.75 Å². The Morgan fingerprint density at radius 1 is 1.18 bits per heavy atom. The van der Waals surface area contributed by atoms with Crippen LogP contribution >= 0.6 is 0 Å². The third-order valence-electron chi connectivity index (χ3n) is 2.51. The second-order valence-corrected chi connectivity index (χ2v) is 3.70. The van der Waals surface area contributed by atoms with Crippen LogP contribution in [0.3, 0.4) is 0 Å². The zero-order chi connectivity index (χ0) is 12.3. The fourth-order valence-electron chi connectivity index (χ4n) is 1.58. The van der Waals surface area contributed by atoms with Crippen LogP contribution < -0.4 is 4.74 Å². The molecule has 0 saturated heterocycles. The molecule has 0 aliphatic carbocycles. The summed E-state index contributed by atoms with van der Waals surface area (Å²) < 4.78 is 5.07.